The minimum atomic E-state index is 0.0937. The van der Waals surface area contributed by atoms with Crippen LogP contribution in [0.2, 0.25) is 0 Å². The van der Waals surface area contributed by atoms with E-state index >= 15 is 0 Å². The van der Waals surface area contributed by atoms with Gasteiger partial charge in [0.1, 0.15) is 5.75 Å². The molecule has 2 aromatic rings. The van der Waals surface area contributed by atoms with Crippen molar-refractivity contribution in [2.75, 3.05) is 19.7 Å². The summed E-state index contributed by atoms with van der Waals surface area (Å²) in [7, 11) is 0. The van der Waals surface area contributed by atoms with E-state index in [-0.39, 0.29) is 5.91 Å². The standard InChI is InChI=1S/C25H30N2O2/c28-25(27-16-21-5-1-2-6-22(21)17-27)20-9-12-24(13-10-20)29-18-19-8-11-23-7-3-4-14-26(23)15-19/h1-2,5-6,9-10,12-13,19,23H,3-4,7-8,11,14-18H2/t19-,23-/m0/s1. The van der Waals surface area contributed by atoms with Crippen LogP contribution in [-0.2, 0) is 13.1 Å². The summed E-state index contributed by atoms with van der Waals surface area (Å²) in [6.45, 7) is 4.62. The lowest BCUT2D eigenvalue weighted by Crippen LogP contribution is -2.47. The van der Waals surface area contributed by atoms with Gasteiger partial charge in [0.05, 0.1) is 6.61 Å². The quantitative estimate of drug-likeness (QED) is 0.771. The van der Waals surface area contributed by atoms with Gasteiger partial charge in [-0.15, -0.1) is 0 Å². The molecule has 4 nitrogen and oxygen atoms in total. The van der Waals surface area contributed by atoms with Gasteiger partial charge in [0.25, 0.3) is 5.91 Å². The number of piperidine rings is 2. The summed E-state index contributed by atoms with van der Waals surface area (Å²) >= 11 is 0. The van der Waals surface area contributed by atoms with Crippen molar-refractivity contribution in [3.05, 3.63) is 65.2 Å². The molecular weight excluding hydrogens is 360 g/mol. The summed E-state index contributed by atoms with van der Waals surface area (Å²) < 4.78 is 6.08. The van der Waals surface area contributed by atoms with Crippen LogP contribution in [0, 0.1) is 5.92 Å². The number of nitrogens with zero attached hydrogens (tertiary/aromatic N) is 2. The van der Waals surface area contributed by atoms with Crippen molar-refractivity contribution in [1.29, 1.82) is 0 Å². The minimum absolute atomic E-state index is 0.0937. The van der Waals surface area contributed by atoms with Gasteiger partial charge in [-0.1, -0.05) is 30.7 Å². The van der Waals surface area contributed by atoms with E-state index in [0.29, 0.717) is 19.0 Å². The van der Waals surface area contributed by atoms with Crippen molar-refractivity contribution >= 4 is 5.91 Å². The number of carbonyl (C=O) groups is 1. The van der Waals surface area contributed by atoms with Crippen LogP contribution >= 0.6 is 0 Å². The molecule has 29 heavy (non-hydrogen) atoms. The highest BCUT2D eigenvalue weighted by atomic mass is 16.5. The fourth-order valence-corrected chi connectivity index (χ4v) is 5.18. The van der Waals surface area contributed by atoms with Crippen molar-refractivity contribution in [2.24, 2.45) is 5.92 Å². The average Bonchev–Trinajstić information content (AvgIpc) is 3.22. The molecule has 3 aliphatic heterocycles. The van der Waals surface area contributed by atoms with Gasteiger partial charge in [0.15, 0.2) is 0 Å². The zero-order valence-electron chi connectivity index (χ0n) is 17.1. The second kappa shape index (κ2) is 8.19. The maximum Gasteiger partial charge on any atom is 0.254 e. The lowest BCUT2D eigenvalue weighted by molar-refractivity contribution is 0.0565. The number of ether oxygens (including phenoxy) is 1. The highest BCUT2D eigenvalue weighted by Gasteiger charge is 2.30. The Labute approximate surface area is 173 Å². The van der Waals surface area contributed by atoms with Crippen molar-refractivity contribution in [3.8, 4) is 5.75 Å². The first kappa shape index (κ1) is 18.7. The van der Waals surface area contributed by atoms with Gasteiger partial charge in [-0.2, -0.15) is 0 Å². The predicted octanol–water partition coefficient (Wildman–Crippen LogP) is 4.49. The largest absolute Gasteiger partial charge is 0.493 e. The Kier molecular flexibility index (Phi) is 5.28. The maximum atomic E-state index is 12.8. The maximum absolute atomic E-state index is 12.8. The Balaban J connectivity index is 1.14. The second-order valence-electron chi connectivity index (χ2n) is 8.85. The Morgan fingerprint density at radius 3 is 2.45 bits per heavy atom. The van der Waals surface area contributed by atoms with Crippen molar-refractivity contribution in [2.45, 2.75) is 51.2 Å². The van der Waals surface area contributed by atoms with Crippen LogP contribution in [0.25, 0.3) is 0 Å². The highest BCUT2D eigenvalue weighted by molar-refractivity contribution is 5.94. The summed E-state index contributed by atoms with van der Waals surface area (Å²) in [5.74, 6) is 1.58. The number of hydrogen-bond donors (Lipinski definition) is 0. The number of amides is 1. The average molecular weight is 391 g/mol. The predicted molar refractivity (Wildman–Crippen MR) is 114 cm³/mol. The first-order chi connectivity index (χ1) is 14.3. The topological polar surface area (TPSA) is 32.8 Å². The fraction of sp³-hybridized carbons (Fsp3) is 0.480. The zero-order chi connectivity index (χ0) is 19.6. The van der Waals surface area contributed by atoms with Crippen molar-refractivity contribution < 1.29 is 9.53 Å². The Bertz CT molecular complexity index is 838. The Hall–Kier alpha value is -2.33. The smallest absolute Gasteiger partial charge is 0.254 e. The first-order valence-corrected chi connectivity index (χ1v) is 11.1. The van der Waals surface area contributed by atoms with Crippen LogP contribution < -0.4 is 4.74 Å². The lowest BCUT2D eigenvalue weighted by atomic mass is 9.88. The normalized spacial score (nSPS) is 24.1. The van der Waals surface area contributed by atoms with E-state index in [1.165, 1.54) is 56.3 Å². The van der Waals surface area contributed by atoms with E-state index in [1.54, 1.807) is 0 Å². The molecule has 2 saturated heterocycles. The van der Waals surface area contributed by atoms with Gasteiger partial charge in [-0.3, -0.25) is 9.69 Å². The van der Waals surface area contributed by atoms with Gasteiger partial charge in [0, 0.05) is 37.2 Å². The number of hydrogen-bond acceptors (Lipinski definition) is 3. The molecule has 0 bridgehead atoms. The molecule has 0 spiro atoms. The molecule has 2 fully saturated rings. The van der Waals surface area contributed by atoms with Crippen LogP contribution in [0.4, 0.5) is 0 Å². The van der Waals surface area contributed by atoms with Crippen LogP contribution in [0.15, 0.2) is 48.5 Å². The third-order valence-electron chi connectivity index (χ3n) is 6.86. The summed E-state index contributed by atoms with van der Waals surface area (Å²) in [6.07, 6.45) is 6.72. The molecule has 5 rings (SSSR count). The molecule has 0 radical (unpaired) electrons. The van der Waals surface area contributed by atoms with E-state index in [1.807, 2.05) is 41.3 Å². The number of rotatable bonds is 4. The summed E-state index contributed by atoms with van der Waals surface area (Å²) in [5, 5.41) is 0. The van der Waals surface area contributed by atoms with E-state index in [0.717, 1.165) is 24.0 Å². The molecule has 0 aliphatic carbocycles. The van der Waals surface area contributed by atoms with Crippen LogP contribution in [0.1, 0.15) is 53.6 Å². The van der Waals surface area contributed by atoms with Crippen LogP contribution in [0.5, 0.6) is 5.75 Å². The molecule has 0 N–H and O–H groups in total. The second-order valence-corrected chi connectivity index (χ2v) is 8.85. The van der Waals surface area contributed by atoms with Crippen molar-refractivity contribution in [1.82, 2.24) is 9.80 Å². The highest BCUT2D eigenvalue weighted by Crippen LogP contribution is 2.29. The Morgan fingerprint density at radius 2 is 1.69 bits per heavy atom. The van der Waals surface area contributed by atoms with Gasteiger partial charge in [-0.05, 0) is 67.6 Å². The van der Waals surface area contributed by atoms with Crippen LogP contribution in [0.3, 0.4) is 0 Å². The van der Waals surface area contributed by atoms with E-state index in [9.17, 15) is 4.79 Å². The van der Waals surface area contributed by atoms with Gasteiger partial charge in [0.2, 0.25) is 0 Å². The molecule has 4 heteroatoms. The third kappa shape index (κ3) is 4.04. The number of carbonyl (C=O) groups excluding carboxylic acids is 1. The van der Waals surface area contributed by atoms with Gasteiger partial charge in [-0.25, -0.2) is 0 Å². The monoisotopic (exact) mass is 390 g/mol. The zero-order valence-corrected chi connectivity index (χ0v) is 17.1. The SMILES string of the molecule is O=C(c1ccc(OC[C@H]2CC[C@@H]3CCCCN3C2)cc1)N1Cc2ccccc2C1. The van der Waals surface area contributed by atoms with Crippen LogP contribution in [-0.4, -0.2) is 41.4 Å². The first-order valence-electron chi connectivity index (χ1n) is 11.1. The van der Waals surface area contributed by atoms with E-state index < -0.39 is 0 Å². The molecule has 3 aliphatic rings. The lowest BCUT2D eigenvalue weighted by Gasteiger charge is -2.42. The molecule has 0 aromatic heterocycles. The number of fused-ring (bicyclic) bond motifs is 2. The third-order valence-corrected chi connectivity index (χ3v) is 6.86. The van der Waals surface area contributed by atoms with E-state index in [4.69, 9.17) is 4.74 Å². The van der Waals surface area contributed by atoms with Gasteiger partial charge < -0.3 is 9.64 Å². The molecular formula is C25H30N2O2. The van der Waals surface area contributed by atoms with E-state index in [2.05, 4.69) is 17.0 Å². The summed E-state index contributed by atoms with van der Waals surface area (Å²) in [4.78, 5) is 17.4. The molecule has 3 heterocycles. The summed E-state index contributed by atoms with van der Waals surface area (Å²) in [5.41, 5.74) is 3.24. The molecule has 0 saturated carbocycles. The molecule has 2 atom stereocenters. The van der Waals surface area contributed by atoms with Crippen molar-refractivity contribution in [3.63, 3.8) is 0 Å². The Morgan fingerprint density at radius 1 is 0.931 bits per heavy atom. The summed E-state index contributed by atoms with van der Waals surface area (Å²) in [6, 6.07) is 16.8. The molecule has 1 amide bonds. The molecule has 152 valence electrons. The fourth-order valence-electron chi connectivity index (χ4n) is 5.18. The van der Waals surface area contributed by atoms with Gasteiger partial charge >= 0.3 is 0 Å². The minimum Gasteiger partial charge on any atom is -0.493 e. The number of benzene rings is 2. The molecule has 2 aromatic carbocycles. The molecule has 0 unspecified atom stereocenters.